The third kappa shape index (κ3) is 2.91. The van der Waals surface area contributed by atoms with E-state index in [0.717, 1.165) is 16.5 Å². The topological polar surface area (TPSA) is 26.0 Å². The van der Waals surface area contributed by atoms with E-state index >= 15 is 0 Å². The molecule has 1 aromatic heterocycles. The summed E-state index contributed by atoms with van der Waals surface area (Å²) in [6, 6.07) is 9.83. The number of hydrogen-bond donors (Lipinski definition) is 1. The zero-order valence-electron chi connectivity index (χ0n) is 9.41. The van der Waals surface area contributed by atoms with Gasteiger partial charge < -0.3 is 5.73 Å². The van der Waals surface area contributed by atoms with Crippen LogP contribution in [-0.4, -0.2) is 0 Å². The van der Waals surface area contributed by atoms with Crippen LogP contribution in [0.2, 0.25) is 5.02 Å². The molecule has 0 amide bonds. The molecule has 2 N–H and O–H groups in total. The zero-order valence-corrected chi connectivity index (χ0v) is 12.6. The van der Waals surface area contributed by atoms with Gasteiger partial charge in [-0.15, -0.1) is 11.3 Å². The first-order chi connectivity index (χ1) is 8.11. The predicted molar refractivity (Wildman–Crippen MR) is 78.9 cm³/mol. The molecule has 0 spiro atoms. The molecule has 1 nitrogen and oxygen atoms in total. The van der Waals surface area contributed by atoms with Crippen molar-refractivity contribution in [1.29, 1.82) is 0 Å². The highest BCUT2D eigenvalue weighted by molar-refractivity contribution is 9.10. The summed E-state index contributed by atoms with van der Waals surface area (Å²) in [6.07, 6.45) is 1.05. The van der Waals surface area contributed by atoms with Gasteiger partial charge in [0, 0.05) is 19.2 Å². The van der Waals surface area contributed by atoms with Crippen molar-refractivity contribution in [3.8, 4) is 0 Å². The summed E-state index contributed by atoms with van der Waals surface area (Å²) in [7, 11) is 0. The van der Waals surface area contributed by atoms with Crippen LogP contribution in [-0.2, 0) is 6.42 Å². The van der Waals surface area contributed by atoms with Crippen LogP contribution in [0.4, 0.5) is 0 Å². The van der Waals surface area contributed by atoms with Gasteiger partial charge in [-0.3, -0.25) is 0 Å². The largest absolute Gasteiger partial charge is 0.320 e. The molecule has 0 fully saturated rings. The summed E-state index contributed by atoms with van der Waals surface area (Å²) in [5.74, 6) is 0. The van der Waals surface area contributed by atoms with E-state index in [-0.39, 0.29) is 6.04 Å². The highest BCUT2D eigenvalue weighted by Crippen LogP contribution is 2.32. The van der Waals surface area contributed by atoms with Gasteiger partial charge >= 0.3 is 0 Å². The van der Waals surface area contributed by atoms with Crippen molar-refractivity contribution < 1.29 is 0 Å². The lowest BCUT2D eigenvalue weighted by atomic mass is 10.1. The average Bonchev–Trinajstić information content (AvgIpc) is 2.80. The summed E-state index contributed by atoms with van der Waals surface area (Å²) in [6.45, 7) is 2.15. The number of halogens is 2. The molecule has 17 heavy (non-hydrogen) atoms. The van der Waals surface area contributed by atoms with E-state index in [9.17, 15) is 0 Å². The normalized spacial score (nSPS) is 12.7. The van der Waals surface area contributed by atoms with E-state index in [0.29, 0.717) is 5.02 Å². The van der Waals surface area contributed by atoms with Crippen LogP contribution in [0.1, 0.15) is 28.3 Å². The summed E-state index contributed by atoms with van der Waals surface area (Å²) < 4.78 is 1.00. The highest BCUT2D eigenvalue weighted by Gasteiger charge is 2.14. The molecule has 0 aliphatic heterocycles. The van der Waals surface area contributed by atoms with E-state index in [2.05, 4.69) is 35.0 Å². The minimum absolute atomic E-state index is 0.117. The Kier molecular flexibility index (Phi) is 4.26. The van der Waals surface area contributed by atoms with Crippen LogP contribution in [0, 0.1) is 0 Å². The lowest BCUT2D eigenvalue weighted by Crippen LogP contribution is -2.10. The molecule has 2 aromatic rings. The van der Waals surface area contributed by atoms with Crippen LogP contribution in [0.25, 0.3) is 0 Å². The lowest BCUT2D eigenvalue weighted by Gasteiger charge is -2.12. The standard InChI is InChI=1S/C13H13BrClNS/c1-2-9-4-6-12(17-9)13(16)10-7-8(15)3-5-11(10)14/h3-7,13H,2,16H2,1H3. The van der Waals surface area contributed by atoms with E-state index < -0.39 is 0 Å². The van der Waals surface area contributed by atoms with E-state index in [1.165, 1.54) is 9.75 Å². The number of hydrogen-bond acceptors (Lipinski definition) is 2. The fourth-order valence-electron chi connectivity index (χ4n) is 1.66. The number of thiophene rings is 1. The van der Waals surface area contributed by atoms with Gasteiger partial charge in [-0.25, -0.2) is 0 Å². The molecule has 0 saturated heterocycles. The fourth-order valence-corrected chi connectivity index (χ4v) is 3.30. The van der Waals surface area contributed by atoms with Gasteiger partial charge in [-0.05, 0) is 42.3 Å². The second-order valence-corrected chi connectivity index (χ2v) is 6.29. The monoisotopic (exact) mass is 329 g/mol. The van der Waals surface area contributed by atoms with Crippen molar-refractivity contribution in [2.75, 3.05) is 0 Å². The van der Waals surface area contributed by atoms with Crippen molar-refractivity contribution >= 4 is 38.9 Å². The SMILES string of the molecule is CCc1ccc(C(N)c2cc(Cl)ccc2Br)s1. The highest BCUT2D eigenvalue weighted by atomic mass is 79.9. The minimum Gasteiger partial charge on any atom is -0.320 e. The Labute approximate surface area is 119 Å². The lowest BCUT2D eigenvalue weighted by molar-refractivity contribution is 0.887. The summed E-state index contributed by atoms with van der Waals surface area (Å²) >= 11 is 11.3. The number of rotatable bonds is 3. The molecular formula is C13H13BrClNS. The van der Waals surface area contributed by atoms with Gasteiger partial charge in [-0.1, -0.05) is 34.5 Å². The maximum absolute atomic E-state index is 6.28. The minimum atomic E-state index is -0.117. The molecule has 1 aromatic carbocycles. The molecule has 0 bridgehead atoms. The average molecular weight is 331 g/mol. The first-order valence-corrected chi connectivity index (χ1v) is 7.39. The van der Waals surface area contributed by atoms with Gasteiger partial charge in [0.2, 0.25) is 0 Å². The Hall–Kier alpha value is -0.350. The molecule has 1 unspecified atom stereocenters. The Morgan fingerprint density at radius 3 is 2.76 bits per heavy atom. The van der Waals surface area contributed by atoms with Crippen LogP contribution < -0.4 is 5.73 Å². The quantitative estimate of drug-likeness (QED) is 0.861. The Morgan fingerprint density at radius 2 is 2.12 bits per heavy atom. The first kappa shape index (κ1) is 13.1. The first-order valence-electron chi connectivity index (χ1n) is 5.41. The van der Waals surface area contributed by atoms with E-state index in [4.69, 9.17) is 17.3 Å². The van der Waals surface area contributed by atoms with E-state index in [1.807, 2.05) is 18.2 Å². The third-order valence-electron chi connectivity index (χ3n) is 2.63. The molecule has 1 atom stereocenters. The van der Waals surface area contributed by atoms with Gasteiger partial charge in [-0.2, -0.15) is 0 Å². The molecule has 0 aliphatic carbocycles. The van der Waals surface area contributed by atoms with E-state index in [1.54, 1.807) is 11.3 Å². The van der Waals surface area contributed by atoms with Crippen LogP contribution in [0.3, 0.4) is 0 Å². The predicted octanol–water partition coefficient (Wildman–Crippen LogP) is 4.77. The Balaban J connectivity index is 2.35. The zero-order chi connectivity index (χ0) is 12.4. The van der Waals surface area contributed by atoms with Crippen LogP contribution in [0.5, 0.6) is 0 Å². The van der Waals surface area contributed by atoms with Gasteiger partial charge in [0.15, 0.2) is 0 Å². The molecule has 0 saturated carbocycles. The molecule has 0 aliphatic rings. The Morgan fingerprint density at radius 1 is 1.35 bits per heavy atom. The van der Waals surface area contributed by atoms with Gasteiger partial charge in [0.05, 0.1) is 6.04 Å². The fraction of sp³-hybridized carbons (Fsp3) is 0.231. The van der Waals surface area contributed by atoms with Crippen LogP contribution >= 0.6 is 38.9 Å². The number of benzene rings is 1. The van der Waals surface area contributed by atoms with Gasteiger partial charge in [0.1, 0.15) is 0 Å². The van der Waals surface area contributed by atoms with Crippen LogP contribution in [0.15, 0.2) is 34.8 Å². The smallest absolute Gasteiger partial charge is 0.0657 e. The van der Waals surface area contributed by atoms with Crippen molar-refractivity contribution in [2.24, 2.45) is 5.73 Å². The summed E-state index contributed by atoms with van der Waals surface area (Å²) in [5.41, 5.74) is 7.31. The number of aryl methyl sites for hydroxylation is 1. The van der Waals surface area contributed by atoms with Crippen molar-refractivity contribution in [3.63, 3.8) is 0 Å². The summed E-state index contributed by atoms with van der Waals surface area (Å²) in [5, 5.41) is 0.714. The summed E-state index contributed by atoms with van der Waals surface area (Å²) in [4.78, 5) is 2.53. The van der Waals surface area contributed by atoms with Crippen molar-refractivity contribution in [3.05, 3.63) is 55.1 Å². The third-order valence-corrected chi connectivity index (χ3v) is 4.90. The van der Waals surface area contributed by atoms with Gasteiger partial charge in [0.25, 0.3) is 0 Å². The second-order valence-electron chi connectivity index (χ2n) is 3.80. The number of nitrogens with two attached hydrogens (primary N) is 1. The molecule has 90 valence electrons. The molecular weight excluding hydrogens is 318 g/mol. The van der Waals surface area contributed by atoms with Crippen molar-refractivity contribution in [2.45, 2.75) is 19.4 Å². The maximum atomic E-state index is 6.28. The Bertz CT molecular complexity index is 524. The molecule has 4 heteroatoms. The second kappa shape index (κ2) is 5.53. The molecule has 2 rings (SSSR count). The molecule has 0 radical (unpaired) electrons. The van der Waals surface area contributed by atoms with Crippen molar-refractivity contribution in [1.82, 2.24) is 0 Å². The molecule has 1 heterocycles. The maximum Gasteiger partial charge on any atom is 0.0657 e.